The third kappa shape index (κ3) is 7.84. The Bertz CT molecular complexity index is 2940. The largest absolute Gasteiger partial charge is 0.453 e. The minimum atomic E-state index is -3.81. The van der Waals surface area contributed by atoms with E-state index >= 15 is 0 Å². The number of amides is 4. The number of fused-ring (bicyclic) bond motifs is 6. The van der Waals surface area contributed by atoms with Crippen molar-refractivity contribution in [1.29, 1.82) is 0 Å². The summed E-state index contributed by atoms with van der Waals surface area (Å²) in [7, 11) is 2.05. The Morgan fingerprint density at radius 2 is 1.35 bits per heavy atom. The van der Waals surface area contributed by atoms with E-state index in [-0.39, 0.29) is 18.3 Å². The Balaban J connectivity index is 0.950. The number of carbonyl (C=O) groups excluding carboxylic acids is 4. The van der Waals surface area contributed by atoms with Crippen LogP contribution in [0.2, 0.25) is 0 Å². The molecule has 9 rings (SSSR count). The maximum absolute atomic E-state index is 14.4. The van der Waals surface area contributed by atoms with Gasteiger partial charge < -0.3 is 34.9 Å². The number of aromatic nitrogens is 4. The number of hydrogen-bond donors (Lipinski definition) is 3. The van der Waals surface area contributed by atoms with Crippen LogP contribution in [-0.2, 0) is 19.1 Å². The highest BCUT2D eigenvalue weighted by atomic mass is 16.5. The molecule has 0 radical (unpaired) electrons. The number of imidazole rings is 1. The molecule has 3 fully saturated rings. The van der Waals surface area contributed by atoms with Gasteiger partial charge in [-0.1, -0.05) is 57.9 Å². The molecule has 1 saturated carbocycles. The lowest BCUT2D eigenvalue weighted by molar-refractivity contribution is -0.135. The van der Waals surface area contributed by atoms with E-state index < -0.39 is 73.6 Å². The molecule has 0 spiro atoms. The molecule has 2 aromatic carbocycles. The molecule has 5 heterocycles. The van der Waals surface area contributed by atoms with Gasteiger partial charge in [0, 0.05) is 53.5 Å². The van der Waals surface area contributed by atoms with Gasteiger partial charge >= 0.3 is 12.2 Å². The van der Waals surface area contributed by atoms with Gasteiger partial charge in [0.25, 0.3) is 0 Å². The molecule has 2 aromatic heterocycles. The molecular weight excluding hydrogens is 799 g/mol. The van der Waals surface area contributed by atoms with Crippen LogP contribution in [-0.4, -0.2) is 105 Å². The number of likely N-dealkylation sites (tertiary alicyclic amines) is 2. The second-order valence-electron chi connectivity index (χ2n) is 17.0. The second kappa shape index (κ2) is 17.2. The molecule has 330 valence electrons. The van der Waals surface area contributed by atoms with Gasteiger partial charge in [-0.3, -0.25) is 14.6 Å². The minimum Gasteiger partial charge on any atom is -0.453 e. The van der Waals surface area contributed by atoms with Crippen LogP contribution in [0.25, 0.3) is 39.1 Å². The fraction of sp³-hybridized carbons (Fsp3) is 0.500. The summed E-state index contributed by atoms with van der Waals surface area (Å²) < 4.78 is 92.9. The van der Waals surface area contributed by atoms with Crippen LogP contribution in [0.1, 0.15) is 133 Å². The Kier molecular flexibility index (Phi) is 8.66. The molecule has 6 atom stereocenters. The molecule has 2 unspecified atom stereocenters. The third-order valence-electron chi connectivity index (χ3n) is 13.1. The van der Waals surface area contributed by atoms with Crippen molar-refractivity contribution in [2.24, 2.45) is 16.8 Å². The average Bonchev–Trinajstić information content (AvgIpc) is 4.22. The molecular formula is C48H57N9O6. The van der Waals surface area contributed by atoms with Gasteiger partial charge in [0.15, 0.2) is 0 Å². The van der Waals surface area contributed by atoms with Gasteiger partial charge in [-0.25, -0.2) is 14.6 Å². The molecule has 4 amide bonds. The Labute approximate surface area is 381 Å². The van der Waals surface area contributed by atoms with Crippen LogP contribution in [0.5, 0.6) is 0 Å². The Hall–Kier alpha value is -6.12. The number of benzene rings is 2. The number of ether oxygens (including phenoxy) is 2. The standard InChI is InChI=1S/C48H57N9O6/c1-25(2)40(52-47(60)62-5)45(58)56-19-7-9-36(56)35-23-32(24-49-35)27-11-13-28(14-12-27)42-38-29-15-16-30(21-29)39(38)43(55-54-42)31-17-18-33-34(22-31)51-44(50-33)37-10-8-20-57(37)46(59)41(26(3)4)53-48(61)63-6/h11-14,17-18,22,24-26,29-30,36-37,40-41H,7-10,15-16,19-21,23H2,1-6H3,(H,50,51)(H,52,60)(H,53,61)/t29?,30?,36-,37-,40+,41+/m0/s1/i3D3,4D3,25D,26D,40D,41D. The molecule has 3 aliphatic heterocycles. The molecule has 4 aromatic rings. The number of hydrogen-bond acceptors (Lipinski definition) is 10. The van der Waals surface area contributed by atoms with Crippen molar-refractivity contribution < 1.29 is 42.4 Å². The Morgan fingerprint density at radius 3 is 1.97 bits per heavy atom. The zero-order chi connectivity index (χ0) is 52.8. The van der Waals surface area contributed by atoms with Crippen molar-refractivity contribution in [2.75, 3.05) is 27.3 Å². The zero-order valence-corrected chi connectivity index (χ0v) is 35.6. The van der Waals surface area contributed by atoms with Gasteiger partial charge in [0.05, 0.1) is 51.5 Å². The Morgan fingerprint density at radius 1 is 0.778 bits per heavy atom. The monoisotopic (exact) mass is 866 g/mol. The van der Waals surface area contributed by atoms with Crippen LogP contribution in [0.3, 0.4) is 0 Å². The zero-order valence-electron chi connectivity index (χ0n) is 45.6. The van der Waals surface area contributed by atoms with Crippen LogP contribution < -0.4 is 10.6 Å². The summed E-state index contributed by atoms with van der Waals surface area (Å²) in [6.45, 7) is -4.34. The number of H-pyrrole nitrogens is 1. The number of carbonyl (C=O) groups is 4. The smallest absolute Gasteiger partial charge is 0.407 e. The van der Waals surface area contributed by atoms with E-state index in [1.165, 1.54) is 19.4 Å². The van der Waals surface area contributed by atoms with Crippen molar-refractivity contribution in [1.82, 2.24) is 40.6 Å². The predicted octanol–water partition coefficient (Wildman–Crippen LogP) is 7.65. The molecule has 15 heteroatoms. The van der Waals surface area contributed by atoms with Crippen LogP contribution in [0.4, 0.5) is 9.59 Å². The van der Waals surface area contributed by atoms with Crippen molar-refractivity contribution in [3.05, 3.63) is 71.2 Å². The van der Waals surface area contributed by atoms with E-state index in [0.717, 1.165) is 83.3 Å². The van der Waals surface area contributed by atoms with Crippen molar-refractivity contribution >= 4 is 46.3 Å². The summed E-state index contributed by atoms with van der Waals surface area (Å²) >= 11 is 0. The summed E-state index contributed by atoms with van der Waals surface area (Å²) in [5, 5.41) is 13.8. The highest BCUT2D eigenvalue weighted by Gasteiger charge is 2.43. The minimum absolute atomic E-state index is 0.0377. The molecule has 15 nitrogen and oxygen atoms in total. The van der Waals surface area contributed by atoms with E-state index in [2.05, 4.69) is 15.0 Å². The van der Waals surface area contributed by atoms with Crippen molar-refractivity contribution in [3.8, 4) is 22.5 Å². The van der Waals surface area contributed by atoms with Gasteiger partial charge in [-0.2, -0.15) is 0 Å². The second-order valence-corrected chi connectivity index (χ2v) is 17.0. The van der Waals surface area contributed by atoms with Crippen LogP contribution in [0.15, 0.2) is 53.7 Å². The fourth-order valence-corrected chi connectivity index (χ4v) is 10.1. The first-order valence-corrected chi connectivity index (χ1v) is 21.4. The topological polar surface area (TPSA) is 184 Å². The number of rotatable bonds is 11. The number of aromatic amines is 1. The number of nitrogens with one attached hydrogen (secondary N) is 3. The van der Waals surface area contributed by atoms with E-state index in [4.69, 9.17) is 38.6 Å². The third-order valence-corrected chi connectivity index (χ3v) is 13.1. The highest BCUT2D eigenvalue weighted by molar-refractivity contribution is 6.04. The number of allylic oxidation sites excluding steroid dienone is 1. The van der Waals surface area contributed by atoms with Gasteiger partial charge in [0.1, 0.15) is 17.9 Å². The summed E-state index contributed by atoms with van der Waals surface area (Å²) in [6, 6.07) is 6.60. The summed E-state index contributed by atoms with van der Waals surface area (Å²) in [5.41, 5.74) is 9.34. The van der Waals surface area contributed by atoms with E-state index in [1.54, 1.807) is 11.1 Å². The normalized spacial score (nSPS) is 26.4. The molecule has 63 heavy (non-hydrogen) atoms. The van der Waals surface area contributed by atoms with Gasteiger partial charge in [-0.15, -0.1) is 10.2 Å². The number of aliphatic imine (C=N–C) groups is 1. The molecule has 2 saturated heterocycles. The lowest BCUT2D eigenvalue weighted by Gasteiger charge is -2.31. The average molecular weight is 866 g/mol. The first-order chi connectivity index (χ1) is 34.3. The maximum atomic E-state index is 14.4. The lowest BCUT2D eigenvalue weighted by atomic mass is 9.86. The highest BCUT2D eigenvalue weighted by Crippen LogP contribution is 2.57. The molecule has 5 aliphatic rings. The van der Waals surface area contributed by atoms with Crippen molar-refractivity contribution in [2.45, 2.75) is 115 Å². The van der Waals surface area contributed by atoms with Gasteiger partial charge in [0.2, 0.25) is 11.8 Å². The molecule has 2 bridgehead atoms. The van der Waals surface area contributed by atoms with Gasteiger partial charge in [-0.05, 0) is 103 Å². The number of alkyl carbamates (subject to hydrolysis) is 2. The molecule has 2 aliphatic carbocycles. The molecule has 3 N–H and O–H groups in total. The number of nitrogens with zero attached hydrogens (tertiary/aromatic N) is 6. The first kappa shape index (κ1) is 31.7. The van der Waals surface area contributed by atoms with Crippen LogP contribution in [0, 0.1) is 11.8 Å². The van der Waals surface area contributed by atoms with Crippen LogP contribution >= 0.6 is 0 Å². The van der Waals surface area contributed by atoms with E-state index in [9.17, 15) is 19.2 Å². The maximum Gasteiger partial charge on any atom is 0.407 e. The summed E-state index contributed by atoms with van der Waals surface area (Å²) in [5.74, 6) is -6.72. The van der Waals surface area contributed by atoms with Crippen molar-refractivity contribution in [3.63, 3.8) is 0 Å². The lowest BCUT2D eigenvalue weighted by Crippen LogP contribution is -2.53. The summed E-state index contributed by atoms with van der Waals surface area (Å²) in [6.07, 6.45) is 4.85. The fourth-order valence-electron chi connectivity index (χ4n) is 10.1. The SMILES string of the molecule is [2H]C([2H])([2H])C([2H])(C([2H])([2H])[2H])[C@@]([2H])(NC(=O)OC)C(=O)N1CCC[C@H]1c1nc2ccc(-c3nnc(-c4ccc(C5=CN=C([C@@H]6CCCN6C(=O)[C@]([2H])(NC(=O)OC)C([2H])(C)C)C5)cc4)c4c3C3CCC4C3)cc2[nH]1. The predicted molar refractivity (Wildman–Crippen MR) is 239 cm³/mol. The quantitative estimate of drug-likeness (QED) is 0.136. The first-order valence-electron chi connectivity index (χ1n) is 26.4. The van der Waals surface area contributed by atoms with E-state index in [1.807, 2.05) is 47.8 Å². The number of methoxy groups -OCH3 is 2. The van der Waals surface area contributed by atoms with E-state index in [0.29, 0.717) is 55.6 Å². The summed E-state index contributed by atoms with van der Waals surface area (Å²) in [4.78, 5) is 68.5.